The molecule has 0 spiro atoms. The highest BCUT2D eigenvalue weighted by atomic mass is 19.4. The van der Waals surface area contributed by atoms with Gasteiger partial charge in [0.1, 0.15) is 12.4 Å². The average Bonchev–Trinajstić information content (AvgIpc) is 3.34. The van der Waals surface area contributed by atoms with Gasteiger partial charge in [-0.15, -0.1) is 0 Å². The van der Waals surface area contributed by atoms with Crippen molar-refractivity contribution in [3.63, 3.8) is 0 Å². The minimum Gasteiger partial charge on any atom is -0.490 e. The van der Waals surface area contributed by atoms with Gasteiger partial charge < -0.3 is 14.6 Å². The Hall–Kier alpha value is -2.59. The molecule has 0 radical (unpaired) electrons. The van der Waals surface area contributed by atoms with E-state index in [4.69, 9.17) is 9.47 Å². The summed E-state index contributed by atoms with van der Waals surface area (Å²) in [5, 5.41) is 9.51. The van der Waals surface area contributed by atoms with Crippen molar-refractivity contribution < 1.29 is 32.5 Å². The number of hydrogen-bond donors (Lipinski definition) is 1. The molecule has 1 aromatic carbocycles. The van der Waals surface area contributed by atoms with Gasteiger partial charge in [-0.25, -0.2) is 0 Å². The van der Waals surface area contributed by atoms with Crippen molar-refractivity contribution in [2.75, 3.05) is 13.2 Å². The van der Waals surface area contributed by atoms with Crippen molar-refractivity contribution in [2.45, 2.75) is 70.9 Å². The van der Waals surface area contributed by atoms with Crippen molar-refractivity contribution in [1.82, 2.24) is 9.36 Å². The second-order valence-corrected chi connectivity index (χ2v) is 9.66. The van der Waals surface area contributed by atoms with Crippen LogP contribution in [-0.2, 0) is 29.9 Å². The quantitative estimate of drug-likeness (QED) is 0.678. The molecule has 2 heterocycles. The van der Waals surface area contributed by atoms with Crippen LogP contribution in [-0.4, -0.2) is 45.8 Å². The third-order valence-electron chi connectivity index (χ3n) is 5.64. The van der Waals surface area contributed by atoms with Crippen LogP contribution in [0.25, 0.3) is 0 Å². The number of benzene rings is 1. The Bertz CT molecular complexity index is 1090. The monoisotopic (exact) mass is 483 g/mol. The van der Waals surface area contributed by atoms with Gasteiger partial charge in [0.05, 0.1) is 29.9 Å². The van der Waals surface area contributed by atoms with Gasteiger partial charge >= 0.3 is 6.18 Å². The van der Waals surface area contributed by atoms with Crippen LogP contribution in [0.5, 0.6) is 5.75 Å². The van der Waals surface area contributed by atoms with E-state index in [1.54, 1.807) is 6.07 Å². The van der Waals surface area contributed by atoms with Crippen LogP contribution < -0.4 is 10.2 Å². The van der Waals surface area contributed by atoms with Gasteiger partial charge in [0.2, 0.25) is 0 Å². The van der Waals surface area contributed by atoms with Crippen LogP contribution in [0, 0.1) is 0 Å². The molecule has 7 nitrogen and oxygen atoms in total. The van der Waals surface area contributed by atoms with E-state index in [0.717, 1.165) is 36.7 Å². The van der Waals surface area contributed by atoms with Crippen LogP contribution in [0.15, 0.2) is 29.3 Å². The zero-order valence-electron chi connectivity index (χ0n) is 20.1. The highest BCUT2D eigenvalue weighted by Crippen LogP contribution is 2.33. The Kier molecular flexibility index (Phi) is 7.62. The van der Waals surface area contributed by atoms with E-state index in [2.05, 4.69) is 4.99 Å². The number of carbonyl (C=O) groups is 1. The molecule has 1 aromatic heterocycles. The van der Waals surface area contributed by atoms with Crippen LogP contribution in [0.4, 0.5) is 13.2 Å². The molecule has 1 aliphatic rings. The van der Waals surface area contributed by atoms with Gasteiger partial charge in [0.25, 0.3) is 5.91 Å². The summed E-state index contributed by atoms with van der Waals surface area (Å²) in [7, 11) is 1.86. The summed E-state index contributed by atoms with van der Waals surface area (Å²) in [5.41, 5.74) is -0.323. The number of alkyl halides is 3. The fourth-order valence-corrected chi connectivity index (χ4v) is 3.94. The first-order valence-electron chi connectivity index (χ1n) is 11.3. The zero-order valence-corrected chi connectivity index (χ0v) is 20.1. The summed E-state index contributed by atoms with van der Waals surface area (Å²) >= 11 is 0. The maximum absolute atomic E-state index is 13.3. The van der Waals surface area contributed by atoms with E-state index in [9.17, 15) is 23.1 Å². The Morgan fingerprint density at radius 3 is 2.56 bits per heavy atom. The Balaban J connectivity index is 2.10. The molecular weight excluding hydrogens is 451 g/mol. The van der Waals surface area contributed by atoms with Gasteiger partial charge in [0.15, 0.2) is 5.49 Å². The highest BCUT2D eigenvalue weighted by molar-refractivity contribution is 5.97. The maximum atomic E-state index is 13.3. The van der Waals surface area contributed by atoms with Gasteiger partial charge in [-0.05, 0) is 38.0 Å². The summed E-state index contributed by atoms with van der Waals surface area (Å²) in [6.07, 6.45) is -3.71. The molecule has 2 atom stereocenters. The van der Waals surface area contributed by atoms with E-state index in [-0.39, 0.29) is 29.4 Å². The maximum Gasteiger partial charge on any atom is 0.416 e. The minimum absolute atomic E-state index is 0.0334. The first kappa shape index (κ1) is 26.0. The first-order valence-corrected chi connectivity index (χ1v) is 11.3. The molecular formula is C24H32F3N3O4. The van der Waals surface area contributed by atoms with Crippen molar-refractivity contribution in [3.05, 3.63) is 46.6 Å². The summed E-state index contributed by atoms with van der Waals surface area (Å²) < 4.78 is 54.9. The van der Waals surface area contributed by atoms with Gasteiger partial charge in [-0.1, -0.05) is 20.8 Å². The second kappa shape index (κ2) is 9.95. The average molecular weight is 484 g/mol. The van der Waals surface area contributed by atoms with E-state index < -0.39 is 23.8 Å². The molecule has 34 heavy (non-hydrogen) atoms. The minimum atomic E-state index is -4.64. The van der Waals surface area contributed by atoms with Crippen molar-refractivity contribution in [3.8, 4) is 5.75 Å². The van der Waals surface area contributed by atoms with Crippen molar-refractivity contribution >= 4 is 5.91 Å². The lowest BCUT2D eigenvalue weighted by Crippen LogP contribution is -2.30. The molecule has 1 N–H and O–H groups in total. The van der Waals surface area contributed by atoms with Crippen molar-refractivity contribution in [1.29, 1.82) is 0 Å². The van der Waals surface area contributed by atoms with Gasteiger partial charge in [-0.3, -0.25) is 14.2 Å². The molecule has 1 saturated heterocycles. The number of hydrogen-bond acceptors (Lipinski definition) is 4. The van der Waals surface area contributed by atoms with E-state index in [1.165, 1.54) is 6.92 Å². The van der Waals surface area contributed by atoms with Gasteiger partial charge in [-0.2, -0.15) is 18.2 Å². The normalized spacial score (nSPS) is 18.4. The smallest absolute Gasteiger partial charge is 0.416 e. The number of amides is 1. The van der Waals surface area contributed by atoms with Crippen LogP contribution >= 0.6 is 0 Å². The van der Waals surface area contributed by atoms with Crippen LogP contribution in [0.2, 0.25) is 0 Å². The van der Waals surface area contributed by atoms with Crippen molar-refractivity contribution in [2.24, 2.45) is 12.0 Å². The molecule has 0 bridgehead atoms. The fourth-order valence-electron chi connectivity index (χ4n) is 3.94. The summed E-state index contributed by atoms with van der Waals surface area (Å²) in [6.45, 7) is 8.51. The fraction of sp³-hybridized carbons (Fsp3) is 0.583. The molecule has 1 aliphatic heterocycles. The Morgan fingerprint density at radius 2 is 2.00 bits per heavy atom. The Morgan fingerprint density at radius 1 is 1.29 bits per heavy atom. The first-order chi connectivity index (χ1) is 15.8. The molecule has 0 unspecified atom stereocenters. The molecule has 1 fully saturated rings. The largest absolute Gasteiger partial charge is 0.490 e. The topological polar surface area (TPSA) is 78.0 Å². The number of nitrogens with zero attached hydrogens (tertiary/aromatic N) is 3. The molecule has 0 saturated carbocycles. The van der Waals surface area contributed by atoms with E-state index in [0.29, 0.717) is 18.6 Å². The number of rotatable bonds is 6. The lowest BCUT2D eigenvalue weighted by atomic mass is 9.92. The van der Waals surface area contributed by atoms with Crippen LogP contribution in [0.3, 0.4) is 0 Å². The summed E-state index contributed by atoms with van der Waals surface area (Å²) in [5.74, 6) is -0.931. The third kappa shape index (κ3) is 6.09. The third-order valence-corrected chi connectivity index (χ3v) is 5.64. The zero-order chi connectivity index (χ0) is 25.3. The molecule has 2 aromatic rings. The molecule has 188 valence electrons. The number of aliphatic hydroxyl groups is 1. The van der Waals surface area contributed by atoms with Gasteiger partial charge in [0, 0.05) is 30.8 Å². The standard InChI is InChI=1S/C24H32F3N3O4/c1-15(31)14-34-19-9-8-16(24(25,26)27)11-18(19)22(32)28-21-12-20(23(2,3)4)29(5)30(21)13-17-7-6-10-33-17/h8-9,11-12,15,17,31H,6-7,10,13-14H2,1-5H3/t15-,17-/m1/s1. The summed E-state index contributed by atoms with van der Waals surface area (Å²) in [6, 6.07) is 4.43. The second-order valence-electron chi connectivity index (χ2n) is 9.66. The highest BCUT2D eigenvalue weighted by Gasteiger charge is 2.32. The lowest BCUT2D eigenvalue weighted by molar-refractivity contribution is -0.137. The molecule has 10 heteroatoms. The predicted molar refractivity (Wildman–Crippen MR) is 120 cm³/mol. The Labute approximate surface area is 196 Å². The van der Waals surface area contributed by atoms with Crippen LogP contribution in [0.1, 0.15) is 62.2 Å². The molecule has 1 amide bonds. The molecule has 3 rings (SSSR count). The lowest BCUT2D eigenvalue weighted by Gasteiger charge is -2.21. The number of aromatic nitrogens is 2. The number of halogens is 3. The summed E-state index contributed by atoms with van der Waals surface area (Å²) in [4.78, 5) is 17.4. The molecule has 0 aliphatic carbocycles. The number of aliphatic hydroxyl groups excluding tert-OH is 1. The number of carbonyl (C=O) groups excluding carboxylic acids is 1. The van der Waals surface area contributed by atoms with E-state index in [1.807, 2.05) is 37.2 Å². The SMILES string of the molecule is C[C@@H](O)COc1ccc(C(F)(F)F)cc1C(=O)N=c1cc(C(C)(C)C)n(C)n1C[C@H]1CCCO1. The number of ether oxygens (including phenoxy) is 2. The van der Waals surface area contributed by atoms with E-state index >= 15 is 0 Å². The predicted octanol–water partition coefficient (Wildman–Crippen LogP) is 3.82.